The summed E-state index contributed by atoms with van der Waals surface area (Å²) in [4.78, 5) is 5.13. The zero-order valence-electron chi connectivity index (χ0n) is 33.9. The van der Waals surface area contributed by atoms with E-state index in [1.165, 1.54) is 54.7 Å². The SMILES string of the molecule is c1ccc(-c2cc(-c3cccc(-c4cccc(-n5c6ccccc6c6ccc(-c7cccc(-n8c9ccccc9c9ccccc98)c7)cc65)c4)c3)cc(-c3ccccc3)n2)cc1. The van der Waals surface area contributed by atoms with Crippen molar-refractivity contribution >= 4 is 43.6 Å². The minimum absolute atomic E-state index is 0.957. The number of nitrogens with zero attached hydrogens (tertiary/aromatic N) is 3. The fourth-order valence-corrected chi connectivity index (χ4v) is 9.37. The number of aromatic nitrogens is 3. The predicted molar refractivity (Wildman–Crippen MR) is 260 cm³/mol. The second kappa shape index (κ2) is 14.8. The molecule has 0 spiro atoms. The van der Waals surface area contributed by atoms with Gasteiger partial charge in [0.2, 0.25) is 0 Å². The third kappa shape index (κ3) is 6.10. The Kier molecular flexibility index (Phi) is 8.50. The second-order valence-corrected chi connectivity index (χ2v) is 16.0. The zero-order chi connectivity index (χ0) is 41.0. The molecule has 3 aromatic heterocycles. The first kappa shape index (κ1) is 35.7. The maximum atomic E-state index is 5.13. The maximum absolute atomic E-state index is 5.13. The van der Waals surface area contributed by atoms with Crippen molar-refractivity contribution in [2.75, 3.05) is 0 Å². The highest BCUT2D eigenvalue weighted by atomic mass is 15.0. The lowest BCUT2D eigenvalue weighted by Crippen LogP contribution is -1.95. The summed E-state index contributed by atoms with van der Waals surface area (Å²) in [5.74, 6) is 0. The molecule has 9 aromatic carbocycles. The topological polar surface area (TPSA) is 22.8 Å². The fourth-order valence-electron chi connectivity index (χ4n) is 9.37. The van der Waals surface area contributed by atoms with Crippen molar-refractivity contribution in [3.63, 3.8) is 0 Å². The largest absolute Gasteiger partial charge is 0.309 e. The van der Waals surface area contributed by atoms with Crippen molar-refractivity contribution in [3.05, 3.63) is 237 Å². The predicted octanol–water partition coefficient (Wildman–Crippen LogP) is 15.6. The van der Waals surface area contributed by atoms with Crippen LogP contribution in [0.4, 0.5) is 0 Å². The molecular formula is C59H39N3. The molecule has 0 fully saturated rings. The average Bonchev–Trinajstić information content (AvgIpc) is 3.87. The molecule has 3 heterocycles. The summed E-state index contributed by atoms with van der Waals surface area (Å²) in [7, 11) is 0. The van der Waals surface area contributed by atoms with E-state index in [2.05, 4.69) is 234 Å². The lowest BCUT2D eigenvalue weighted by molar-refractivity contribution is 1.18. The van der Waals surface area contributed by atoms with Gasteiger partial charge in [-0.1, -0.05) is 170 Å². The van der Waals surface area contributed by atoms with Crippen LogP contribution in [0.25, 0.3) is 111 Å². The van der Waals surface area contributed by atoms with E-state index in [-0.39, 0.29) is 0 Å². The number of hydrogen-bond donors (Lipinski definition) is 0. The van der Waals surface area contributed by atoms with Crippen molar-refractivity contribution in [2.24, 2.45) is 0 Å². The van der Waals surface area contributed by atoms with Crippen molar-refractivity contribution in [1.29, 1.82) is 0 Å². The van der Waals surface area contributed by atoms with Crippen molar-refractivity contribution in [3.8, 4) is 67.3 Å². The molecule has 0 saturated carbocycles. The Balaban J connectivity index is 0.961. The molecular weight excluding hydrogens is 751 g/mol. The van der Waals surface area contributed by atoms with Crippen LogP contribution in [-0.2, 0) is 0 Å². The summed E-state index contributed by atoms with van der Waals surface area (Å²) in [6.07, 6.45) is 0. The van der Waals surface area contributed by atoms with Gasteiger partial charge < -0.3 is 9.13 Å². The highest BCUT2D eigenvalue weighted by Crippen LogP contribution is 2.39. The fraction of sp³-hybridized carbons (Fsp3) is 0. The minimum atomic E-state index is 0.957. The van der Waals surface area contributed by atoms with E-state index in [1.54, 1.807) is 0 Å². The summed E-state index contributed by atoms with van der Waals surface area (Å²) >= 11 is 0. The van der Waals surface area contributed by atoms with E-state index in [0.29, 0.717) is 0 Å². The summed E-state index contributed by atoms with van der Waals surface area (Å²) in [5.41, 5.74) is 18.1. The van der Waals surface area contributed by atoms with Gasteiger partial charge in [-0.05, 0) is 100 Å². The highest BCUT2D eigenvalue weighted by molar-refractivity contribution is 6.11. The number of rotatable bonds is 7. The molecule has 0 radical (unpaired) electrons. The van der Waals surface area contributed by atoms with Gasteiger partial charge in [0.1, 0.15) is 0 Å². The molecule has 62 heavy (non-hydrogen) atoms. The summed E-state index contributed by atoms with van der Waals surface area (Å²) in [5, 5.41) is 5.00. The Morgan fingerprint density at radius 2 is 0.597 bits per heavy atom. The lowest BCUT2D eigenvalue weighted by atomic mass is 9.96. The van der Waals surface area contributed by atoms with Gasteiger partial charge in [0, 0.05) is 44.0 Å². The van der Waals surface area contributed by atoms with E-state index in [9.17, 15) is 0 Å². The Morgan fingerprint density at radius 3 is 1.11 bits per heavy atom. The van der Waals surface area contributed by atoms with Crippen LogP contribution in [0.5, 0.6) is 0 Å². The number of pyridine rings is 1. The average molecular weight is 790 g/mol. The van der Waals surface area contributed by atoms with Crippen molar-refractivity contribution < 1.29 is 0 Å². The zero-order valence-corrected chi connectivity index (χ0v) is 33.9. The third-order valence-electron chi connectivity index (χ3n) is 12.3. The smallest absolute Gasteiger partial charge is 0.0715 e. The molecule has 0 aliphatic carbocycles. The van der Waals surface area contributed by atoms with Crippen molar-refractivity contribution in [2.45, 2.75) is 0 Å². The molecule has 0 unspecified atom stereocenters. The molecule has 0 saturated heterocycles. The van der Waals surface area contributed by atoms with Gasteiger partial charge in [-0.3, -0.25) is 0 Å². The van der Waals surface area contributed by atoms with Gasteiger partial charge >= 0.3 is 0 Å². The minimum Gasteiger partial charge on any atom is -0.309 e. The van der Waals surface area contributed by atoms with E-state index in [4.69, 9.17) is 4.98 Å². The molecule has 12 rings (SSSR count). The van der Waals surface area contributed by atoms with Crippen LogP contribution in [0.15, 0.2) is 237 Å². The van der Waals surface area contributed by atoms with E-state index in [1.807, 2.05) is 12.1 Å². The third-order valence-corrected chi connectivity index (χ3v) is 12.3. The molecule has 0 atom stereocenters. The van der Waals surface area contributed by atoms with Gasteiger partial charge in [0.05, 0.1) is 33.5 Å². The first-order valence-corrected chi connectivity index (χ1v) is 21.2. The Hall–Kier alpha value is -8.27. The molecule has 0 N–H and O–H groups in total. The quantitative estimate of drug-likeness (QED) is 0.158. The number of fused-ring (bicyclic) bond motifs is 6. The van der Waals surface area contributed by atoms with Crippen LogP contribution in [0.2, 0.25) is 0 Å². The van der Waals surface area contributed by atoms with Gasteiger partial charge in [0.15, 0.2) is 0 Å². The van der Waals surface area contributed by atoms with Crippen LogP contribution in [0, 0.1) is 0 Å². The van der Waals surface area contributed by atoms with Gasteiger partial charge in [0.25, 0.3) is 0 Å². The monoisotopic (exact) mass is 789 g/mol. The number of benzene rings is 9. The van der Waals surface area contributed by atoms with Gasteiger partial charge in [-0.2, -0.15) is 0 Å². The van der Waals surface area contributed by atoms with E-state index < -0.39 is 0 Å². The number of hydrogen-bond acceptors (Lipinski definition) is 1. The molecule has 0 aliphatic heterocycles. The molecule has 290 valence electrons. The molecule has 3 nitrogen and oxygen atoms in total. The van der Waals surface area contributed by atoms with Crippen LogP contribution in [0.3, 0.4) is 0 Å². The van der Waals surface area contributed by atoms with Crippen LogP contribution < -0.4 is 0 Å². The Labute approximate surface area is 360 Å². The van der Waals surface area contributed by atoms with Crippen LogP contribution in [0.1, 0.15) is 0 Å². The number of para-hydroxylation sites is 3. The second-order valence-electron chi connectivity index (χ2n) is 16.0. The maximum Gasteiger partial charge on any atom is 0.0715 e. The molecule has 12 aromatic rings. The van der Waals surface area contributed by atoms with E-state index in [0.717, 1.165) is 56.1 Å². The first-order chi connectivity index (χ1) is 30.7. The van der Waals surface area contributed by atoms with E-state index >= 15 is 0 Å². The Bertz CT molecular complexity index is 3520. The lowest BCUT2D eigenvalue weighted by Gasteiger charge is -2.13. The van der Waals surface area contributed by atoms with Gasteiger partial charge in [-0.15, -0.1) is 0 Å². The first-order valence-electron chi connectivity index (χ1n) is 21.2. The normalized spacial score (nSPS) is 11.5. The molecule has 0 amide bonds. The summed E-state index contributed by atoms with van der Waals surface area (Å²) in [6.45, 7) is 0. The Morgan fingerprint density at radius 1 is 0.226 bits per heavy atom. The summed E-state index contributed by atoms with van der Waals surface area (Å²) < 4.78 is 4.82. The van der Waals surface area contributed by atoms with Crippen LogP contribution in [-0.4, -0.2) is 14.1 Å². The highest BCUT2D eigenvalue weighted by Gasteiger charge is 2.17. The molecule has 3 heteroatoms. The van der Waals surface area contributed by atoms with Crippen LogP contribution >= 0.6 is 0 Å². The molecule has 0 bridgehead atoms. The summed E-state index contributed by atoms with van der Waals surface area (Å²) in [6, 6.07) is 85.3. The standard InChI is InChI=1S/C59H39N3/c1-3-16-40(17-4-1)54-37-47(38-55(60-54)41-18-5-2-6-19-41)43-21-13-20-42(34-43)44-22-14-25-49(35-44)62-58-31-12-9-28-52(58)53-33-32-46(39-59(53)62)45-23-15-24-48(36-45)61-56-29-10-7-26-50(56)51-27-8-11-30-57(51)61/h1-39H. The molecule has 0 aliphatic rings. The van der Waals surface area contributed by atoms with Crippen molar-refractivity contribution in [1.82, 2.24) is 14.1 Å². The van der Waals surface area contributed by atoms with Gasteiger partial charge in [-0.25, -0.2) is 4.98 Å².